The van der Waals surface area contributed by atoms with Crippen LogP contribution in [0.15, 0.2) is 0 Å². The standard InChI is InChI=1S/C15H31NO3Si/c1-11(2)8-12(16)13(17)15(9-18-15)10-19-20(6,7)14(3,4)5/h11-12H,8-10,16H2,1-7H3/t12-,15+/m0/s1. The summed E-state index contributed by atoms with van der Waals surface area (Å²) >= 11 is 0. The Balaban J connectivity index is 2.61. The van der Waals surface area contributed by atoms with E-state index in [0.717, 1.165) is 0 Å². The number of rotatable bonds is 7. The molecule has 1 saturated heterocycles. The predicted molar refractivity (Wildman–Crippen MR) is 84.3 cm³/mol. The van der Waals surface area contributed by atoms with E-state index in [1.54, 1.807) is 0 Å². The molecule has 0 aliphatic carbocycles. The highest BCUT2D eigenvalue weighted by Crippen LogP contribution is 2.39. The molecule has 0 aromatic rings. The third kappa shape index (κ3) is 4.13. The lowest BCUT2D eigenvalue weighted by molar-refractivity contribution is -0.126. The number of hydrogen-bond acceptors (Lipinski definition) is 4. The van der Waals surface area contributed by atoms with Crippen LogP contribution in [0.25, 0.3) is 0 Å². The van der Waals surface area contributed by atoms with Gasteiger partial charge in [0.1, 0.15) is 0 Å². The topological polar surface area (TPSA) is 64.9 Å². The van der Waals surface area contributed by atoms with Gasteiger partial charge in [-0.05, 0) is 30.5 Å². The van der Waals surface area contributed by atoms with Crippen LogP contribution in [0.3, 0.4) is 0 Å². The summed E-state index contributed by atoms with van der Waals surface area (Å²) in [4.78, 5) is 12.4. The fourth-order valence-corrected chi connectivity index (χ4v) is 2.88. The van der Waals surface area contributed by atoms with Crippen molar-refractivity contribution in [2.45, 2.75) is 70.8 Å². The van der Waals surface area contributed by atoms with Gasteiger partial charge < -0.3 is 14.9 Å². The summed E-state index contributed by atoms with van der Waals surface area (Å²) in [5.74, 6) is 0.413. The van der Waals surface area contributed by atoms with Gasteiger partial charge in [-0.1, -0.05) is 34.6 Å². The molecule has 1 heterocycles. The lowest BCUT2D eigenvalue weighted by Gasteiger charge is -2.37. The monoisotopic (exact) mass is 301 g/mol. The van der Waals surface area contributed by atoms with Gasteiger partial charge in [-0.15, -0.1) is 0 Å². The summed E-state index contributed by atoms with van der Waals surface area (Å²) in [5, 5.41) is 0.131. The van der Waals surface area contributed by atoms with E-state index in [9.17, 15) is 4.79 Å². The summed E-state index contributed by atoms with van der Waals surface area (Å²) < 4.78 is 11.6. The number of nitrogens with two attached hydrogens (primary N) is 1. The summed E-state index contributed by atoms with van der Waals surface area (Å²) in [6.07, 6.45) is 0.698. The lowest BCUT2D eigenvalue weighted by atomic mass is 9.94. The van der Waals surface area contributed by atoms with Crippen molar-refractivity contribution in [3.05, 3.63) is 0 Å². The number of carbonyl (C=O) groups is 1. The maximum absolute atomic E-state index is 12.4. The molecule has 0 saturated carbocycles. The maximum Gasteiger partial charge on any atom is 0.192 e. The Morgan fingerprint density at radius 3 is 2.25 bits per heavy atom. The Labute approximate surface area is 124 Å². The molecular formula is C15H31NO3Si. The number of carbonyl (C=O) groups excluding carboxylic acids is 1. The van der Waals surface area contributed by atoms with Crippen LogP contribution in [0.5, 0.6) is 0 Å². The second-order valence-electron chi connectivity index (χ2n) is 7.93. The largest absolute Gasteiger partial charge is 0.413 e. The van der Waals surface area contributed by atoms with Gasteiger partial charge in [0.05, 0.1) is 19.3 Å². The number of ketones is 1. The molecule has 1 aliphatic rings. The van der Waals surface area contributed by atoms with Gasteiger partial charge in [-0.25, -0.2) is 0 Å². The molecular weight excluding hydrogens is 270 g/mol. The molecule has 0 spiro atoms. The molecule has 0 unspecified atom stereocenters. The van der Waals surface area contributed by atoms with E-state index in [1.165, 1.54) is 0 Å². The van der Waals surface area contributed by atoms with Crippen LogP contribution in [-0.4, -0.2) is 39.0 Å². The highest BCUT2D eigenvalue weighted by atomic mass is 28.4. The van der Waals surface area contributed by atoms with Crippen LogP contribution in [0.2, 0.25) is 18.1 Å². The van der Waals surface area contributed by atoms with Crippen molar-refractivity contribution >= 4 is 14.1 Å². The number of hydrogen-bond donors (Lipinski definition) is 1. The average Bonchev–Trinajstić information content (AvgIpc) is 3.04. The Morgan fingerprint density at radius 1 is 1.40 bits per heavy atom. The molecule has 1 rings (SSSR count). The number of epoxide rings is 1. The highest BCUT2D eigenvalue weighted by Gasteiger charge is 2.55. The van der Waals surface area contributed by atoms with Crippen LogP contribution in [0, 0.1) is 5.92 Å². The van der Waals surface area contributed by atoms with Crippen LogP contribution in [0.1, 0.15) is 41.0 Å². The minimum atomic E-state index is -1.86. The van der Waals surface area contributed by atoms with Crippen LogP contribution >= 0.6 is 0 Å². The first kappa shape index (κ1) is 17.8. The third-order valence-electron chi connectivity index (χ3n) is 4.48. The molecule has 0 aromatic carbocycles. The van der Waals surface area contributed by atoms with Crippen molar-refractivity contribution in [2.24, 2.45) is 11.7 Å². The smallest absolute Gasteiger partial charge is 0.192 e. The quantitative estimate of drug-likeness (QED) is 0.580. The zero-order valence-corrected chi connectivity index (χ0v) is 15.1. The van der Waals surface area contributed by atoms with Crippen molar-refractivity contribution in [3.63, 3.8) is 0 Å². The molecule has 1 aliphatic heterocycles. The van der Waals surface area contributed by atoms with Crippen molar-refractivity contribution in [3.8, 4) is 0 Å². The number of Topliss-reactive ketones (excluding diaryl/α,β-unsaturated/α-hetero) is 1. The van der Waals surface area contributed by atoms with Crippen molar-refractivity contribution in [2.75, 3.05) is 13.2 Å². The van der Waals surface area contributed by atoms with E-state index in [4.69, 9.17) is 14.9 Å². The van der Waals surface area contributed by atoms with E-state index in [1.807, 2.05) is 0 Å². The van der Waals surface area contributed by atoms with E-state index >= 15 is 0 Å². The van der Waals surface area contributed by atoms with Gasteiger partial charge in [0.25, 0.3) is 0 Å². The van der Waals surface area contributed by atoms with E-state index in [2.05, 4.69) is 47.7 Å². The highest BCUT2D eigenvalue weighted by molar-refractivity contribution is 6.74. The first-order valence-electron chi connectivity index (χ1n) is 7.49. The zero-order valence-electron chi connectivity index (χ0n) is 14.1. The fourth-order valence-electron chi connectivity index (χ4n) is 1.85. The minimum Gasteiger partial charge on any atom is -0.413 e. The second-order valence-corrected chi connectivity index (χ2v) is 12.7. The second kappa shape index (κ2) is 5.87. The molecule has 2 N–H and O–H groups in total. The Hall–Kier alpha value is -0.233. The Morgan fingerprint density at radius 2 is 1.90 bits per heavy atom. The Bertz CT molecular complexity index is 357. The van der Waals surface area contributed by atoms with E-state index in [-0.39, 0.29) is 10.8 Å². The van der Waals surface area contributed by atoms with Crippen LogP contribution in [-0.2, 0) is 14.0 Å². The minimum absolute atomic E-state index is 0.00455. The van der Waals surface area contributed by atoms with Gasteiger partial charge in [0, 0.05) is 0 Å². The molecule has 1 fully saturated rings. The maximum atomic E-state index is 12.4. The van der Waals surface area contributed by atoms with Gasteiger partial charge in [0.15, 0.2) is 19.7 Å². The first-order valence-corrected chi connectivity index (χ1v) is 10.4. The number of ether oxygens (including phenoxy) is 1. The molecule has 2 atom stereocenters. The molecule has 5 heteroatoms. The summed E-state index contributed by atoms with van der Waals surface area (Å²) in [6, 6.07) is -0.444. The van der Waals surface area contributed by atoms with Gasteiger partial charge >= 0.3 is 0 Å². The Kier molecular flexibility index (Phi) is 5.23. The van der Waals surface area contributed by atoms with Crippen LogP contribution in [0.4, 0.5) is 0 Å². The lowest BCUT2D eigenvalue weighted by Crippen LogP contribution is -2.48. The molecule has 0 aromatic heterocycles. The van der Waals surface area contributed by atoms with Crippen molar-refractivity contribution < 1.29 is 14.0 Å². The molecule has 4 nitrogen and oxygen atoms in total. The summed E-state index contributed by atoms with van der Waals surface area (Å²) in [5.41, 5.74) is 5.24. The predicted octanol–water partition coefficient (Wildman–Crippen LogP) is 2.72. The summed E-state index contributed by atoms with van der Waals surface area (Å²) in [7, 11) is -1.86. The normalized spacial score (nSPS) is 24.9. The first-order chi connectivity index (χ1) is 8.91. The fraction of sp³-hybridized carbons (Fsp3) is 0.933. The molecule has 0 radical (unpaired) electrons. The van der Waals surface area contributed by atoms with Gasteiger partial charge in [-0.2, -0.15) is 0 Å². The molecule has 0 amide bonds. The van der Waals surface area contributed by atoms with Gasteiger partial charge in [-0.3, -0.25) is 4.79 Å². The zero-order chi connectivity index (χ0) is 15.8. The van der Waals surface area contributed by atoms with E-state index in [0.29, 0.717) is 25.6 Å². The third-order valence-corrected chi connectivity index (χ3v) is 8.95. The van der Waals surface area contributed by atoms with Crippen LogP contribution < -0.4 is 5.73 Å². The van der Waals surface area contributed by atoms with Crippen molar-refractivity contribution in [1.29, 1.82) is 0 Å². The SMILES string of the molecule is CC(C)C[C@H](N)C(=O)[C@]1(CO[Si](C)(C)C(C)(C)C)CO1. The van der Waals surface area contributed by atoms with E-state index < -0.39 is 20.0 Å². The molecule has 20 heavy (non-hydrogen) atoms. The summed E-state index contributed by atoms with van der Waals surface area (Å²) in [6.45, 7) is 15.9. The van der Waals surface area contributed by atoms with Crippen molar-refractivity contribution in [1.82, 2.24) is 0 Å². The van der Waals surface area contributed by atoms with Gasteiger partial charge in [0.2, 0.25) is 0 Å². The molecule has 0 bridgehead atoms. The molecule has 118 valence electrons. The average molecular weight is 302 g/mol.